The molecule has 0 saturated heterocycles. The van der Waals surface area contributed by atoms with Gasteiger partial charge in [-0.2, -0.15) is 0 Å². The summed E-state index contributed by atoms with van der Waals surface area (Å²) in [6.45, 7) is 0. The van der Waals surface area contributed by atoms with Gasteiger partial charge in [0.25, 0.3) is 0 Å². The summed E-state index contributed by atoms with van der Waals surface area (Å²) in [5, 5.41) is 0. The normalized spacial score (nSPS) is 12.2. The van der Waals surface area contributed by atoms with Crippen molar-refractivity contribution >= 4 is 46.4 Å². The van der Waals surface area contributed by atoms with E-state index in [4.69, 9.17) is 9.97 Å². The van der Waals surface area contributed by atoms with Crippen LogP contribution in [-0.2, 0) is 0 Å². The van der Waals surface area contributed by atoms with Gasteiger partial charge in [0.05, 0.1) is 22.8 Å². The van der Waals surface area contributed by atoms with Crippen LogP contribution in [0, 0.1) is 0 Å². The number of benzene rings is 1. The maximum absolute atomic E-state index is 4.96. The Morgan fingerprint density at radius 2 is 1.06 bits per heavy atom. The lowest BCUT2D eigenvalue weighted by molar-refractivity contribution is 1.26. The molecule has 5 nitrogen and oxygen atoms in total. The van der Waals surface area contributed by atoms with Crippen LogP contribution in [0.3, 0.4) is 0 Å². The summed E-state index contributed by atoms with van der Waals surface area (Å²) < 4.78 is 0. The molecule has 4 aromatic heterocycles. The van der Waals surface area contributed by atoms with E-state index in [2.05, 4.69) is 87.8 Å². The number of hydrogen-bond acceptors (Lipinski definition) is 3. The molecule has 0 amide bonds. The van der Waals surface area contributed by atoms with Gasteiger partial charge in [-0.1, -0.05) is 30.3 Å². The molecule has 0 fully saturated rings. The molecule has 0 unspecified atom stereocenters. The zero-order valence-corrected chi connectivity index (χ0v) is 19.3. The first-order valence-corrected chi connectivity index (χ1v) is 11.9. The Hall–Kier alpha value is -5.03. The zero-order valence-electron chi connectivity index (χ0n) is 19.3. The van der Waals surface area contributed by atoms with Crippen molar-refractivity contribution in [2.75, 3.05) is 0 Å². The Morgan fingerprint density at radius 3 is 1.64 bits per heavy atom. The van der Waals surface area contributed by atoms with Crippen LogP contribution >= 0.6 is 0 Å². The summed E-state index contributed by atoms with van der Waals surface area (Å²) in [6.07, 6.45) is 11.8. The summed E-state index contributed by atoms with van der Waals surface area (Å²) in [5.74, 6) is 0. The zero-order chi connectivity index (χ0) is 23.9. The van der Waals surface area contributed by atoms with Crippen molar-refractivity contribution in [3.05, 3.63) is 114 Å². The number of fused-ring (bicyclic) bond motifs is 8. The first-order valence-electron chi connectivity index (χ1n) is 11.9. The molecule has 170 valence electrons. The molecule has 0 spiro atoms. The Kier molecular flexibility index (Phi) is 4.71. The molecule has 7 rings (SSSR count). The topological polar surface area (TPSA) is 70.2 Å². The number of pyridine rings is 1. The second-order valence-electron chi connectivity index (χ2n) is 8.81. The molecule has 0 radical (unpaired) electrons. The molecule has 1 aromatic carbocycles. The van der Waals surface area contributed by atoms with E-state index >= 15 is 0 Å². The van der Waals surface area contributed by atoms with E-state index in [1.54, 1.807) is 12.4 Å². The third-order valence-electron chi connectivity index (χ3n) is 6.43. The quantitative estimate of drug-likeness (QED) is 0.281. The van der Waals surface area contributed by atoms with Crippen molar-refractivity contribution in [2.24, 2.45) is 0 Å². The van der Waals surface area contributed by atoms with Gasteiger partial charge in [0.1, 0.15) is 0 Å². The second-order valence-corrected chi connectivity index (χ2v) is 8.81. The van der Waals surface area contributed by atoms with E-state index in [0.29, 0.717) is 0 Å². The second kappa shape index (κ2) is 8.32. The lowest BCUT2D eigenvalue weighted by Crippen LogP contribution is -1.89. The van der Waals surface area contributed by atoms with Gasteiger partial charge < -0.3 is 9.97 Å². The first kappa shape index (κ1) is 20.4. The average Bonchev–Trinajstić information content (AvgIpc) is 3.72. The molecule has 0 aliphatic carbocycles. The van der Waals surface area contributed by atoms with Crippen LogP contribution < -0.4 is 0 Å². The fourth-order valence-electron chi connectivity index (χ4n) is 4.80. The van der Waals surface area contributed by atoms with Crippen LogP contribution in [0.5, 0.6) is 0 Å². The summed E-state index contributed by atoms with van der Waals surface area (Å²) in [4.78, 5) is 21.3. The van der Waals surface area contributed by atoms with Gasteiger partial charge in [-0.15, -0.1) is 0 Å². The smallest absolute Gasteiger partial charge is 0.0737 e. The molecule has 8 bridgehead atoms. The van der Waals surface area contributed by atoms with Crippen LogP contribution in [0.15, 0.2) is 91.3 Å². The van der Waals surface area contributed by atoms with Gasteiger partial charge >= 0.3 is 0 Å². The minimum atomic E-state index is 0.884. The van der Waals surface area contributed by atoms with Crippen LogP contribution in [-0.4, -0.2) is 24.9 Å². The number of hydrogen-bond donors (Lipinski definition) is 2. The predicted molar refractivity (Wildman–Crippen MR) is 148 cm³/mol. The monoisotopic (exact) mass is 463 g/mol. The standard InChI is InChI=1S/C31H21N5/c1-2-4-20(5-3-1)30-26-10-6-22(33-26)18-24-8-12-28(35-24)31(21-14-16-32-17-15-21)29-13-9-25(36-29)19-23-7-11-27(30)34-23/h1-19,33-34H. The molecule has 2 N–H and O–H groups in total. The maximum atomic E-state index is 4.96. The van der Waals surface area contributed by atoms with Crippen LogP contribution in [0.25, 0.3) is 68.6 Å². The fraction of sp³-hybridized carbons (Fsp3) is 0. The van der Waals surface area contributed by atoms with E-state index < -0.39 is 0 Å². The van der Waals surface area contributed by atoms with Crippen molar-refractivity contribution in [3.63, 3.8) is 0 Å². The minimum Gasteiger partial charge on any atom is -0.355 e. The molecule has 2 aliphatic rings. The van der Waals surface area contributed by atoms with Crippen molar-refractivity contribution in [1.82, 2.24) is 24.9 Å². The number of nitrogens with one attached hydrogen (secondary N) is 2. The molecular formula is C31H21N5. The van der Waals surface area contributed by atoms with Crippen LogP contribution in [0.1, 0.15) is 22.8 Å². The van der Waals surface area contributed by atoms with Gasteiger partial charge in [-0.3, -0.25) is 4.98 Å². The van der Waals surface area contributed by atoms with Gasteiger partial charge in [0.2, 0.25) is 0 Å². The number of aromatic amines is 2. The molecule has 2 aliphatic heterocycles. The molecule has 0 saturated carbocycles. The molecule has 0 atom stereocenters. The van der Waals surface area contributed by atoms with E-state index in [1.165, 1.54) is 0 Å². The van der Waals surface area contributed by atoms with Crippen LogP contribution in [0.4, 0.5) is 0 Å². The largest absolute Gasteiger partial charge is 0.355 e. The van der Waals surface area contributed by atoms with Crippen molar-refractivity contribution in [2.45, 2.75) is 0 Å². The van der Waals surface area contributed by atoms with Crippen molar-refractivity contribution in [3.8, 4) is 22.3 Å². The number of aromatic nitrogens is 5. The summed E-state index contributed by atoms with van der Waals surface area (Å²) in [6, 6.07) is 27.0. The number of rotatable bonds is 2. The Balaban J connectivity index is 1.58. The molecule has 5 aromatic rings. The highest BCUT2D eigenvalue weighted by molar-refractivity contribution is 5.94. The van der Waals surface area contributed by atoms with E-state index in [-0.39, 0.29) is 0 Å². The molecule has 5 heteroatoms. The van der Waals surface area contributed by atoms with Crippen molar-refractivity contribution in [1.29, 1.82) is 0 Å². The Labute approximate surface area is 207 Å². The summed E-state index contributed by atoms with van der Waals surface area (Å²) in [7, 11) is 0. The fourth-order valence-corrected chi connectivity index (χ4v) is 4.80. The maximum Gasteiger partial charge on any atom is 0.0737 e. The highest BCUT2D eigenvalue weighted by Crippen LogP contribution is 2.32. The molecule has 36 heavy (non-hydrogen) atoms. The van der Waals surface area contributed by atoms with Gasteiger partial charge in [0, 0.05) is 45.6 Å². The summed E-state index contributed by atoms with van der Waals surface area (Å²) >= 11 is 0. The molecule has 6 heterocycles. The van der Waals surface area contributed by atoms with Crippen molar-refractivity contribution < 1.29 is 0 Å². The number of nitrogens with zero attached hydrogens (tertiary/aromatic N) is 3. The highest BCUT2D eigenvalue weighted by Gasteiger charge is 2.14. The predicted octanol–water partition coefficient (Wildman–Crippen LogP) is 7.38. The number of H-pyrrole nitrogens is 2. The van der Waals surface area contributed by atoms with E-state index in [0.717, 1.165) is 67.1 Å². The Morgan fingerprint density at radius 1 is 0.500 bits per heavy atom. The van der Waals surface area contributed by atoms with Gasteiger partial charge in [-0.25, -0.2) is 9.97 Å². The van der Waals surface area contributed by atoms with E-state index in [1.807, 2.05) is 30.4 Å². The average molecular weight is 464 g/mol. The minimum absolute atomic E-state index is 0.884. The van der Waals surface area contributed by atoms with Gasteiger partial charge in [0.15, 0.2) is 0 Å². The lowest BCUT2D eigenvalue weighted by atomic mass is 10.0. The van der Waals surface area contributed by atoms with Gasteiger partial charge in [-0.05, 0) is 84.0 Å². The third-order valence-corrected chi connectivity index (χ3v) is 6.43. The highest BCUT2D eigenvalue weighted by atomic mass is 14.8. The third kappa shape index (κ3) is 3.63. The lowest BCUT2D eigenvalue weighted by Gasteiger charge is -2.04. The summed E-state index contributed by atoms with van der Waals surface area (Å²) in [5.41, 5.74) is 11.9. The van der Waals surface area contributed by atoms with Crippen LogP contribution in [0.2, 0.25) is 0 Å². The molecular weight excluding hydrogens is 442 g/mol. The SMILES string of the molecule is C1=Cc2nc1cc1ccc([nH]1)c(-c1ccccc1)c1ccc(cc3nc(c2-c2ccncc2)C=C3)[nH]1. The van der Waals surface area contributed by atoms with E-state index in [9.17, 15) is 0 Å². The first-order chi connectivity index (χ1) is 17.8. The Bertz CT molecular complexity index is 1730.